The number of aryl methyl sites for hydroxylation is 1. The minimum Gasteiger partial charge on any atom is -0.323 e. The predicted octanol–water partition coefficient (Wildman–Crippen LogP) is 1.79. The van der Waals surface area contributed by atoms with Gasteiger partial charge in [-0.25, -0.2) is 0 Å². The van der Waals surface area contributed by atoms with E-state index in [9.17, 15) is 9.59 Å². The Hall–Kier alpha value is -1.93. The molecule has 7 nitrogen and oxygen atoms in total. The molecule has 0 saturated heterocycles. The van der Waals surface area contributed by atoms with Gasteiger partial charge in [0.25, 0.3) is 0 Å². The van der Waals surface area contributed by atoms with E-state index in [-0.39, 0.29) is 17.2 Å². The maximum atomic E-state index is 12.0. The molecule has 24 heavy (non-hydrogen) atoms. The van der Waals surface area contributed by atoms with Gasteiger partial charge >= 0.3 is 4.87 Å². The second kappa shape index (κ2) is 8.79. The lowest BCUT2D eigenvalue weighted by Gasteiger charge is -2.17. The first-order valence-electron chi connectivity index (χ1n) is 8.23. The molecule has 8 heteroatoms. The molecule has 2 aromatic rings. The van der Waals surface area contributed by atoms with Crippen molar-refractivity contribution in [3.05, 3.63) is 33.1 Å². The van der Waals surface area contributed by atoms with Crippen LogP contribution in [0, 0.1) is 6.92 Å². The fourth-order valence-electron chi connectivity index (χ4n) is 2.45. The van der Waals surface area contributed by atoms with E-state index in [1.54, 1.807) is 16.1 Å². The third-order valence-corrected chi connectivity index (χ3v) is 4.88. The smallest absolute Gasteiger partial charge is 0.307 e. The Morgan fingerprint density at radius 1 is 1.33 bits per heavy atom. The van der Waals surface area contributed by atoms with Crippen LogP contribution in [0.2, 0.25) is 0 Å². The topological polar surface area (TPSA) is 72.2 Å². The van der Waals surface area contributed by atoms with Crippen molar-refractivity contribution >= 4 is 22.9 Å². The molecule has 0 bridgehead atoms. The lowest BCUT2D eigenvalue weighted by Crippen LogP contribution is -2.27. The van der Waals surface area contributed by atoms with Gasteiger partial charge in [0.2, 0.25) is 5.91 Å². The minimum atomic E-state index is -0.115. The van der Waals surface area contributed by atoms with Crippen LogP contribution in [-0.2, 0) is 17.9 Å². The van der Waals surface area contributed by atoms with Crippen molar-refractivity contribution in [1.29, 1.82) is 0 Å². The third kappa shape index (κ3) is 5.04. The van der Waals surface area contributed by atoms with Crippen LogP contribution in [0.4, 0.5) is 5.69 Å². The summed E-state index contributed by atoms with van der Waals surface area (Å²) in [5.74, 6) is -0.115. The lowest BCUT2D eigenvalue weighted by atomic mass is 10.3. The van der Waals surface area contributed by atoms with E-state index in [2.05, 4.69) is 29.2 Å². The second-order valence-electron chi connectivity index (χ2n) is 5.61. The van der Waals surface area contributed by atoms with E-state index in [1.807, 2.05) is 17.8 Å². The summed E-state index contributed by atoms with van der Waals surface area (Å²) < 4.78 is 3.46. The first-order chi connectivity index (χ1) is 11.5. The van der Waals surface area contributed by atoms with Crippen molar-refractivity contribution in [2.24, 2.45) is 0 Å². The Kier molecular flexibility index (Phi) is 6.74. The van der Waals surface area contributed by atoms with Gasteiger partial charge in [0, 0.05) is 36.8 Å². The predicted molar refractivity (Wildman–Crippen MR) is 96.6 cm³/mol. The van der Waals surface area contributed by atoms with Gasteiger partial charge in [-0.2, -0.15) is 5.10 Å². The Morgan fingerprint density at radius 3 is 2.71 bits per heavy atom. The highest BCUT2D eigenvalue weighted by molar-refractivity contribution is 7.07. The van der Waals surface area contributed by atoms with Gasteiger partial charge in [-0.1, -0.05) is 25.2 Å². The lowest BCUT2D eigenvalue weighted by molar-refractivity contribution is -0.116. The number of carbonyl (C=O) groups excluding carboxylic acids is 1. The normalized spacial score (nSPS) is 11.2. The molecule has 2 heterocycles. The molecule has 0 aliphatic heterocycles. The molecule has 1 amide bonds. The molecule has 0 aliphatic rings. The average Bonchev–Trinajstić information content (AvgIpc) is 3.13. The third-order valence-electron chi connectivity index (χ3n) is 4.00. The van der Waals surface area contributed by atoms with Crippen molar-refractivity contribution in [2.75, 3.05) is 25.0 Å². The summed E-state index contributed by atoms with van der Waals surface area (Å²) in [6.07, 6.45) is 3.76. The second-order valence-corrected chi connectivity index (χ2v) is 6.43. The Balaban J connectivity index is 1.81. The van der Waals surface area contributed by atoms with Crippen LogP contribution in [0.25, 0.3) is 0 Å². The highest BCUT2D eigenvalue weighted by Gasteiger charge is 2.08. The number of aromatic nitrogens is 3. The van der Waals surface area contributed by atoms with Crippen LogP contribution in [0.3, 0.4) is 0 Å². The van der Waals surface area contributed by atoms with Gasteiger partial charge in [0.15, 0.2) is 0 Å². The molecule has 0 atom stereocenters. The van der Waals surface area contributed by atoms with Crippen LogP contribution < -0.4 is 10.2 Å². The SMILES string of the molecule is CCN(CC)CCn1cc(NC(=O)CCn2c(C)csc2=O)cn1. The average molecular weight is 351 g/mol. The number of nitrogens with one attached hydrogen (secondary N) is 1. The van der Waals surface area contributed by atoms with Crippen molar-refractivity contribution in [1.82, 2.24) is 19.2 Å². The number of rotatable bonds is 9. The summed E-state index contributed by atoms with van der Waals surface area (Å²) in [4.78, 5) is 25.9. The minimum absolute atomic E-state index is 0.0236. The van der Waals surface area contributed by atoms with Crippen LogP contribution in [0.5, 0.6) is 0 Å². The van der Waals surface area contributed by atoms with E-state index < -0.39 is 0 Å². The summed E-state index contributed by atoms with van der Waals surface area (Å²) in [6.45, 7) is 10.3. The molecule has 2 aromatic heterocycles. The van der Waals surface area contributed by atoms with Crippen LogP contribution in [0.1, 0.15) is 26.0 Å². The first-order valence-corrected chi connectivity index (χ1v) is 9.11. The number of nitrogens with zero attached hydrogens (tertiary/aromatic N) is 4. The van der Waals surface area contributed by atoms with Crippen molar-refractivity contribution in [3.8, 4) is 0 Å². The summed E-state index contributed by atoms with van der Waals surface area (Å²) in [5, 5.41) is 8.91. The number of carbonyl (C=O) groups is 1. The molecule has 2 rings (SSSR count). The monoisotopic (exact) mass is 351 g/mol. The largest absolute Gasteiger partial charge is 0.323 e. The van der Waals surface area contributed by atoms with Crippen LogP contribution in [-0.4, -0.2) is 44.8 Å². The number of anilines is 1. The molecule has 0 spiro atoms. The Bertz CT molecular complexity index is 714. The molecular formula is C16H25N5O2S. The van der Waals surface area contributed by atoms with Crippen LogP contribution >= 0.6 is 11.3 Å². The van der Waals surface area contributed by atoms with E-state index in [4.69, 9.17) is 0 Å². The zero-order valence-electron chi connectivity index (χ0n) is 14.5. The van der Waals surface area contributed by atoms with Gasteiger partial charge in [0.1, 0.15) is 0 Å². The Labute approximate surface area is 145 Å². The van der Waals surface area contributed by atoms with Crippen LogP contribution in [0.15, 0.2) is 22.6 Å². The number of amides is 1. The maximum absolute atomic E-state index is 12.0. The number of thiazole rings is 1. The molecule has 0 fully saturated rings. The zero-order valence-corrected chi connectivity index (χ0v) is 15.3. The highest BCUT2D eigenvalue weighted by Crippen LogP contribution is 2.07. The Morgan fingerprint density at radius 2 is 2.08 bits per heavy atom. The molecule has 0 unspecified atom stereocenters. The molecule has 1 N–H and O–H groups in total. The molecule has 132 valence electrons. The number of hydrogen-bond donors (Lipinski definition) is 1. The summed E-state index contributed by atoms with van der Waals surface area (Å²) in [7, 11) is 0. The summed E-state index contributed by atoms with van der Waals surface area (Å²) in [5.41, 5.74) is 1.58. The zero-order chi connectivity index (χ0) is 17.5. The van der Waals surface area contributed by atoms with Gasteiger partial charge in [0.05, 0.1) is 18.4 Å². The van der Waals surface area contributed by atoms with Gasteiger partial charge < -0.3 is 14.8 Å². The van der Waals surface area contributed by atoms with Crippen molar-refractivity contribution in [2.45, 2.75) is 40.3 Å². The standard InChI is InChI=1S/C16H25N5O2S/c1-4-19(5-2)8-9-20-11-14(10-17-20)18-15(22)6-7-21-13(3)12-24-16(21)23/h10-12H,4-9H2,1-3H3,(H,18,22). The van der Waals surface area contributed by atoms with E-state index in [0.29, 0.717) is 12.2 Å². The van der Waals surface area contributed by atoms with Gasteiger partial charge in [-0.15, -0.1) is 0 Å². The van der Waals surface area contributed by atoms with Gasteiger partial charge in [-0.3, -0.25) is 14.3 Å². The molecule has 0 radical (unpaired) electrons. The van der Waals surface area contributed by atoms with Gasteiger partial charge in [-0.05, 0) is 20.0 Å². The van der Waals surface area contributed by atoms with E-state index in [1.165, 1.54) is 0 Å². The molecule has 0 saturated carbocycles. The van der Waals surface area contributed by atoms with Crippen molar-refractivity contribution < 1.29 is 4.79 Å². The van der Waals surface area contributed by atoms with E-state index >= 15 is 0 Å². The molecule has 0 aromatic carbocycles. The van der Waals surface area contributed by atoms with E-state index in [0.717, 1.165) is 43.2 Å². The quantitative estimate of drug-likeness (QED) is 0.747. The maximum Gasteiger partial charge on any atom is 0.307 e. The highest BCUT2D eigenvalue weighted by atomic mass is 32.1. The molecule has 0 aliphatic carbocycles. The number of likely N-dealkylation sites (N-methyl/N-ethyl adjacent to an activating group) is 1. The fraction of sp³-hybridized carbons (Fsp3) is 0.562. The first kappa shape index (κ1) is 18.4. The van der Waals surface area contributed by atoms with Crippen molar-refractivity contribution in [3.63, 3.8) is 0 Å². The molecular weight excluding hydrogens is 326 g/mol. The fourth-order valence-corrected chi connectivity index (χ4v) is 3.21. The summed E-state index contributed by atoms with van der Waals surface area (Å²) >= 11 is 1.16. The summed E-state index contributed by atoms with van der Waals surface area (Å²) in [6, 6.07) is 0. The number of hydrogen-bond acceptors (Lipinski definition) is 5.